The number of para-hydroxylation sites is 3. The normalized spacial score (nSPS) is 11.6. The van der Waals surface area contributed by atoms with Gasteiger partial charge in [0, 0.05) is 34.0 Å². The molecule has 234 valence electrons. The minimum absolute atomic E-state index is 0.929. The van der Waals surface area contributed by atoms with Gasteiger partial charge in [-0.15, -0.1) is 0 Å². The van der Waals surface area contributed by atoms with Crippen molar-refractivity contribution in [3.63, 3.8) is 0 Å². The van der Waals surface area contributed by atoms with E-state index in [4.69, 9.17) is 4.98 Å². The van der Waals surface area contributed by atoms with Crippen molar-refractivity contribution in [3.8, 4) is 50.5 Å². The van der Waals surface area contributed by atoms with Crippen LogP contribution in [0.2, 0.25) is 0 Å². The lowest BCUT2D eigenvalue weighted by Crippen LogP contribution is -2.20. The predicted octanol–water partition coefficient (Wildman–Crippen LogP) is 11.1. The second-order valence-electron chi connectivity index (χ2n) is 12.7. The molecule has 10 aromatic rings. The maximum atomic E-state index is 5.08. The Labute approximate surface area is 289 Å². The molecule has 0 unspecified atom stereocenters. The van der Waals surface area contributed by atoms with Gasteiger partial charge in [-0.25, -0.2) is 9.97 Å². The number of benzene rings is 7. The van der Waals surface area contributed by atoms with Crippen molar-refractivity contribution in [1.29, 1.82) is 0 Å². The Balaban J connectivity index is 1.17. The van der Waals surface area contributed by atoms with Crippen LogP contribution in [-0.2, 0) is 0 Å². The van der Waals surface area contributed by atoms with Crippen LogP contribution in [0.4, 0.5) is 0 Å². The molecule has 0 aliphatic carbocycles. The number of rotatable bonds is 5. The first-order chi connectivity index (χ1) is 24.8. The fourth-order valence-corrected chi connectivity index (χ4v) is 7.55. The van der Waals surface area contributed by atoms with E-state index in [1.807, 2.05) is 12.1 Å². The van der Waals surface area contributed by atoms with Gasteiger partial charge in [0.05, 0.1) is 11.0 Å². The molecule has 3 aromatic heterocycles. The highest BCUT2D eigenvalue weighted by atomic mass is 15.1. The third-order valence-electron chi connectivity index (χ3n) is 9.81. The van der Waals surface area contributed by atoms with Crippen LogP contribution in [0.15, 0.2) is 182 Å². The molecule has 1 N–H and O–H groups in total. The molecular formula is C46H31N4+. The average molecular weight is 640 g/mol. The van der Waals surface area contributed by atoms with Gasteiger partial charge in [-0.1, -0.05) is 140 Å². The highest BCUT2D eigenvalue weighted by Crippen LogP contribution is 2.42. The van der Waals surface area contributed by atoms with Crippen LogP contribution in [0.1, 0.15) is 0 Å². The van der Waals surface area contributed by atoms with Gasteiger partial charge in [-0.05, 0) is 57.8 Å². The van der Waals surface area contributed by atoms with Crippen molar-refractivity contribution < 1.29 is 4.40 Å². The van der Waals surface area contributed by atoms with Crippen molar-refractivity contribution in [2.75, 3.05) is 0 Å². The Morgan fingerprint density at radius 2 is 1.02 bits per heavy atom. The number of fused-ring (bicyclic) bond motifs is 5. The van der Waals surface area contributed by atoms with E-state index >= 15 is 0 Å². The molecule has 4 heteroatoms. The van der Waals surface area contributed by atoms with Gasteiger partial charge in [-0.3, -0.25) is 4.57 Å². The molecule has 50 heavy (non-hydrogen) atoms. The Morgan fingerprint density at radius 3 is 1.74 bits per heavy atom. The second-order valence-corrected chi connectivity index (χ2v) is 12.7. The van der Waals surface area contributed by atoms with E-state index in [9.17, 15) is 0 Å². The number of H-pyrrole nitrogens is 1. The minimum atomic E-state index is 0.929. The maximum Gasteiger partial charge on any atom is 0.284 e. The number of aromatic nitrogens is 4. The molecule has 0 aliphatic heterocycles. The van der Waals surface area contributed by atoms with Crippen molar-refractivity contribution in [2.45, 2.75) is 0 Å². The van der Waals surface area contributed by atoms with Gasteiger partial charge >= 0.3 is 0 Å². The highest BCUT2D eigenvalue weighted by molar-refractivity contribution is 6.18. The van der Waals surface area contributed by atoms with Gasteiger partial charge in [0.1, 0.15) is 12.0 Å². The number of nitrogens with zero attached hydrogens (tertiary/aromatic N) is 3. The summed E-state index contributed by atoms with van der Waals surface area (Å²) in [5.41, 5.74) is 14.7. The minimum Gasteiger partial charge on any atom is -0.292 e. The molecule has 0 bridgehead atoms. The molecule has 10 rings (SSSR count). The zero-order chi connectivity index (χ0) is 33.0. The fourth-order valence-electron chi connectivity index (χ4n) is 7.55. The smallest absolute Gasteiger partial charge is 0.284 e. The molecule has 0 aliphatic rings. The summed E-state index contributed by atoms with van der Waals surface area (Å²) in [6.45, 7) is 0. The molecule has 7 aromatic carbocycles. The lowest BCUT2D eigenvalue weighted by atomic mass is 9.90. The van der Waals surface area contributed by atoms with Crippen LogP contribution < -0.4 is 4.40 Å². The molecule has 3 heterocycles. The Morgan fingerprint density at radius 1 is 0.460 bits per heavy atom. The molecule has 4 nitrogen and oxygen atoms in total. The summed E-state index contributed by atoms with van der Waals surface area (Å²) in [6, 6.07) is 62.3. The van der Waals surface area contributed by atoms with Gasteiger partial charge in [-0.2, -0.15) is 4.40 Å². The summed E-state index contributed by atoms with van der Waals surface area (Å²) in [4.78, 5) is 8.92. The Kier molecular flexibility index (Phi) is 6.46. The Hall–Kier alpha value is -6.78. The monoisotopic (exact) mass is 639 g/mol. The van der Waals surface area contributed by atoms with Crippen LogP contribution in [0.25, 0.3) is 88.9 Å². The lowest BCUT2D eigenvalue weighted by molar-refractivity contribution is -0.479. The van der Waals surface area contributed by atoms with E-state index in [0.29, 0.717) is 0 Å². The standard InChI is InChI=1S/C46H30N4/c1-4-14-32(15-5-1)42-37-20-10-11-21-38(37)43(33-16-6-2-7-17-33)45-44(42)48-41-29-28-35(30-49(41)45)31-24-26-34(27-25-31)46-47-39-22-12-13-23-40(39)50(46)36-18-8-3-9-19-36/h1-30H/p+1. The van der Waals surface area contributed by atoms with Crippen molar-refractivity contribution in [3.05, 3.63) is 182 Å². The number of hydrogen-bond acceptors (Lipinski definition) is 1. The van der Waals surface area contributed by atoms with Gasteiger partial charge < -0.3 is 0 Å². The SMILES string of the molecule is c1ccc(-c2c3ccccc3c(-c3ccccc3)c3c2[nH]c2ccc(-c4ccc(-c5nc6ccccc6n5-c5ccccc5)cc4)c[n+]23)cc1. The number of hydrogen-bond donors (Lipinski definition) is 1. The molecule has 0 radical (unpaired) electrons. The van der Waals surface area contributed by atoms with E-state index in [1.165, 1.54) is 38.5 Å². The van der Waals surface area contributed by atoms with Gasteiger partial charge in [0.2, 0.25) is 0 Å². The number of pyridine rings is 1. The summed E-state index contributed by atoms with van der Waals surface area (Å²) in [5.74, 6) is 0.929. The molecule has 0 saturated carbocycles. The third-order valence-corrected chi connectivity index (χ3v) is 9.81. The molecule has 0 atom stereocenters. The van der Waals surface area contributed by atoms with Gasteiger partial charge in [0.15, 0.2) is 11.0 Å². The van der Waals surface area contributed by atoms with Crippen LogP contribution in [-0.4, -0.2) is 14.5 Å². The number of imidazole rings is 2. The highest BCUT2D eigenvalue weighted by Gasteiger charge is 2.26. The van der Waals surface area contributed by atoms with Crippen molar-refractivity contribution >= 4 is 38.5 Å². The lowest BCUT2D eigenvalue weighted by Gasteiger charge is -2.12. The maximum absolute atomic E-state index is 5.08. The molecule has 0 spiro atoms. The zero-order valence-corrected chi connectivity index (χ0v) is 27.2. The summed E-state index contributed by atoms with van der Waals surface area (Å²) in [6.07, 6.45) is 2.28. The summed E-state index contributed by atoms with van der Waals surface area (Å²) >= 11 is 0. The first kappa shape index (κ1) is 28.3. The van der Waals surface area contributed by atoms with Crippen LogP contribution >= 0.6 is 0 Å². The van der Waals surface area contributed by atoms with E-state index < -0.39 is 0 Å². The molecular weight excluding hydrogens is 609 g/mol. The Bertz CT molecular complexity index is 2830. The average Bonchev–Trinajstić information content (AvgIpc) is 3.77. The fraction of sp³-hybridized carbons (Fsp3) is 0. The first-order valence-electron chi connectivity index (χ1n) is 17.0. The van der Waals surface area contributed by atoms with Crippen LogP contribution in [0, 0.1) is 0 Å². The topological polar surface area (TPSA) is 37.7 Å². The summed E-state index contributed by atoms with van der Waals surface area (Å²) < 4.78 is 4.59. The molecule has 0 fully saturated rings. The third kappa shape index (κ3) is 4.46. The molecule has 0 amide bonds. The zero-order valence-electron chi connectivity index (χ0n) is 27.2. The van der Waals surface area contributed by atoms with Crippen LogP contribution in [0.5, 0.6) is 0 Å². The quantitative estimate of drug-likeness (QED) is 0.187. The summed E-state index contributed by atoms with van der Waals surface area (Å²) in [7, 11) is 0. The summed E-state index contributed by atoms with van der Waals surface area (Å²) in [5, 5.41) is 2.46. The van der Waals surface area contributed by atoms with E-state index in [0.717, 1.165) is 50.4 Å². The van der Waals surface area contributed by atoms with Gasteiger partial charge in [0.25, 0.3) is 5.65 Å². The largest absolute Gasteiger partial charge is 0.292 e. The molecule has 0 saturated heterocycles. The first-order valence-corrected chi connectivity index (χ1v) is 17.0. The van der Waals surface area contributed by atoms with E-state index in [2.05, 4.69) is 184 Å². The second kappa shape index (κ2) is 11.4. The van der Waals surface area contributed by atoms with E-state index in [-0.39, 0.29) is 0 Å². The van der Waals surface area contributed by atoms with Crippen LogP contribution in [0.3, 0.4) is 0 Å². The van der Waals surface area contributed by atoms with Crippen molar-refractivity contribution in [1.82, 2.24) is 14.5 Å². The van der Waals surface area contributed by atoms with Crippen molar-refractivity contribution in [2.24, 2.45) is 0 Å². The number of aromatic amines is 1. The predicted molar refractivity (Wildman–Crippen MR) is 205 cm³/mol. The number of nitrogens with one attached hydrogen (secondary N) is 1. The van der Waals surface area contributed by atoms with E-state index in [1.54, 1.807) is 0 Å².